The Kier molecular flexibility index (Phi) is 3.96. The molecule has 0 spiro atoms. The molecule has 3 fully saturated rings. The zero-order chi connectivity index (χ0) is 14.1. The SMILES string of the molecule is NCC1CCN(C(=O)C2CC(=O)N(C3CCCC3)C2)C1. The molecule has 3 rings (SSSR count). The summed E-state index contributed by atoms with van der Waals surface area (Å²) in [5, 5.41) is 0. The normalized spacial score (nSPS) is 31.6. The van der Waals surface area contributed by atoms with Crippen LogP contribution >= 0.6 is 0 Å². The minimum Gasteiger partial charge on any atom is -0.342 e. The number of hydrogen-bond acceptors (Lipinski definition) is 3. The fourth-order valence-corrected chi connectivity index (χ4v) is 3.95. The quantitative estimate of drug-likeness (QED) is 0.822. The van der Waals surface area contributed by atoms with Gasteiger partial charge < -0.3 is 15.5 Å². The third kappa shape index (κ3) is 2.55. The van der Waals surface area contributed by atoms with Gasteiger partial charge in [0.25, 0.3) is 0 Å². The average molecular weight is 279 g/mol. The second kappa shape index (κ2) is 5.72. The van der Waals surface area contributed by atoms with Gasteiger partial charge in [-0.1, -0.05) is 12.8 Å². The number of carbonyl (C=O) groups is 2. The van der Waals surface area contributed by atoms with E-state index in [-0.39, 0.29) is 17.7 Å². The van der Waals surface area contributed by atoms with Crippen molar-refractivity contribution in [2.45, 2.75) is 44.6 Å². The highest BCUT2D eigenvalue weighted by atomic mass is 16.2. The predicted molar refractivity (Wildman–Crippen MR) is 75.8 cm³/mol. The Hall–Kier alpha value is -1.10. The number of rotatable bonds is 3. The van der Waals surface area contributed by atoms with Gasteiger partial charge in [-0.15, -0.1) is 0 Å². The highest BCUT2D eigenvalue weighted by molar-refractivity contribution is 5.89. The minimum absolute atomic E-state index is 0.111. The molecule has 3 aliphatic rings. The van der Waals surface area contributed by atoms with E-state index in [0.29, 0.717) is 31.5 Å². The second-order valence-corrected chi connectivity index (χ2v) is 6.56. The molecule has 2 amide bonds. The summed E-state index contributed by atoms with van der Waals surface area (Å²) < 4.78 is 0. The van der Waals surface area contributed by atoms with Gasteiger partial charge in [-0.25, -0.2) is 0 Å². The third-order valence-corrected chi connectivity index (χ3v) is 5.20. The fraction of sp³-hybridized carbons (Fsp3) is 0.867. The molecule has 1 saturated carbocycles. The van der Waals surface area contributed by atoms with Crippen LogP contribution < -0.4 is 5.73 Å². The first-order valence-electron chi connectivity index (χ1n) is 7.97. The number of hydrogen-bond donors (Lipinski definition) is 1. The van der Waals surface area contributed by atoms with Crippen molar-refractivity contribution in [3.8, 4) is 0 Å². The first-order valence-corrected chi connectivity index (χ1v) is 7.97. The van der Waals surface area contributed by atoms with Crippen LogP contribution in [0, 0.1) is 11.8 Å². The first-order chi connectivity index (χ1) is 9.69. The summed E-state index contributed by atoms with van der Waals surface area (Å²) in [5.74, 6) is 0.696. The van der Waals surface area contributed by atoms with Crippen molar-refractivity contribution in [3.63, 3.8) is 0 Å². The standard InChI is InChI=1S/C15H25N3O2/c16-8-11-5-6-17(9-11)15(20)12-7-14(19)18(10-12)13-3-1-2-4-13/h11-13H,1-10,16H2. The van der Waals surface area contributed by atoms with Gasteiger partial charge >= 0.3 is 0 Å². The molecule has 2 unspecified atom stereocenters. The highest BCUT2D eigenvalue weighted by Gasteiger charge is 2.41. The molecule has 5 heteroatoms. The molecular formula is C15H25N3O2. The lowest BCUT2D eigenvalue weighted by atomic mass is 10.1. The van der Waals surface area contributed by atoms with Gasteiger partial charge in [0, 0.05) is 32.1 Å². The van der Waals surface area contributed by atoms with Crippen molar-refractivity contribution in [2.24, 2.45) is 17.6 Å². The van der Waals surface area contributed by atoms with Crippen molar-refractivity contribution in [2.75, 3.05) is 26.2 Å². The van der Waals surface area contributed by atoms with E-state index in [2.05, 4.69) is 0 Å². The number of nitrogens with zero attached hydrogens (tertiary/aromatic N) is 2. The molecule has 0 radical (unpaired) electrons. The maximum absolute atomic E-state index is 12.5. The van der Waals surface area contributed by atoms with Gasteiger partial charge in [0.15, 0.2) is 0 Å². The van der Waals surface area contributed by atoms with Crippen molar-refractivity contribution in [1.29, 1.82) is 0 Å². The fourth-order valence-electron chi connectivity index (χ4n) is 3.95. The molecule has 2 N–H and O–H groups in total. The van der Waals surface area contributed by atoms with Crippen molar-refractivity contribution in [1.82, 2.24) is 9.80 Å². The summed E-state index contributed by atoms with van der Waals surface area (Å²) in [7, 11) is 0. The van der Waals surface area contributed by atoms with Crippen LogP contribution in [0.15, 0.2) is 0 Å². The first kappa shape index (κ1) is 13.9. The van der Waals surface area contributed by atoms with Crippen molar-refractivity contribution >= 4 is 11.8 Å². The Morgan fingerprint density at radius 3 is 2.60 bits per heavy atom. The van der Waals surface area contributed by atoms with E-state index in [1.54, 1.807) is 0 Å². The van der Waals surface area contributed by atoms with Crippen LogP contribution in [0.25, 0.3) is 0 Å². The molecule has 0 aromatic heterocycles. The number of likely N-dealkylation sites (tertiary alicyclic amines) is 2. The Bertz CT molecular complexity index is 393. The molecule has 0 bridgehead atoms. The maximum atomic E-state index is 12.5. The molecule has 1 aliphatic carbocycles. The van der Waals surface area contributed by atoms with E-state index in [4.69, 9.17) is 5.73 Å². The van der Waals surface area contributed by atoms with Crippen molar-refractivity contribution in [3.05, 3.63) is 0 Å². The van der Waals surface area contributed by atoms with E-state index in [0.717, 1.165) is 32.4 Å². The van der Waals surface area contributed by atoms with Crippen LogP contribution in [0.4, 0.5) is 0 Å². The zero-order valence-electron chi connectivity index (χ0n) is 12.1. The van der Waals surface area contributed by atoms with Crippen LogP contribution in [0.2, 0.25) is 0 Å². The molecule has 20 heavy (non-hydrogen) atoms. The number of carbonyl (C=O) groups excluding carboxylic acids is 2. The minimum atomic E-state index is -0.111. The number of amides is 2. The van der Waals surface area contributed by atoms with Crippen LogP contribution in [-0.2, 0) is 9.59 Å². The lowest BCUT2D eigenvalue weighted by molar-refractivity contribution is -0.135. The third-order valence-electron chi connectivity index (χ3n) is 5.20. The predicted octanol–water partition coefficient (Wildman–Crippen LogP) is 0.585. The average Bonchev–Trinajstić information content (AvgIpc) is 3.17. The molecular weight excluding hydrogens is 254 g/mol. The Morgan fingerprint density at radius 1 is 1.20 bits per heavy atom. The van der Waals surface area contributed by atoms with E-state index in [9.17, 15) is 9.59 Å². The van der Waals surface area contributed by atoms with Crippen LogP contribution in [-0.4, -0.2) is 53.8 Å². The molecule has 0 aromatic carbocycles. The molecule has 2 aliphatic heterocycles. The van der Waals surface area contributed by atoms with Crippen molar-refractivity contribution < 1.29 is 9.59 Å². The van der Waals surface area contributed by atoms with E-state index in [1.807, 2.05) is 9.80 Å². The summed E-state index contributed by atoms with van der Waals surface area (Å²) in [6.45, 7) is 2.89. The van der Waals surface area contributed by atoms with E-state index < -0.39 is 0 Å². The molecule has 2 saturated heterocycles. The van der Waals surface area contributed by atoms with E-state index >= 15 is 0 Å². The Balaban J connectivity index is 1.58. The Morgan fingerprint density at radius 2 is 1.95 bits per heavy atom. The smallest absolute Gasteiger partial charge is 0.228 e. The molecule has 112 valence electrons. The molecule has 5 nitrogen and oxygen atoms in total. The van der Waals surface area contributed by atoms with Gasteiger partial charge in [-0.2, -0.15) is 0 Å². The van der Waals surface area contributed by atoms with Gasteiger partial charge in [0.1, 0.15) is 0 Å². The lowest BCUT2D eigenvalue weighted by Crippen LogP contribution is -2.38. The molecule has 2 heterocycles. The summed E-state index contributed by atoms with van der Waals surface area (Å²) in [4.78, 5) is 28.6. The summed E-state index contributed by atoms with van der Waals surface area (Å²) in [6.07, 6.45) is 6.10. The molecule has 2 atom stereocenters. The largest absolute Gasteiger partial charge is 0.342 e. The second-order valence-electron chi connectivity index (χ2n) is 6.56. The highest BCUT2D eigenvalue weighted by Crippen LogP contribution is 2.31. The topological polar surface area (TPSA) is 66.6 Å². The van der Waals surface area contributed by atoms with Gasteiger partial charge in [-0.3, -0.25) is 9.59 Å². The van der Waals surface area contributed by atoms with E-state index in [1.165, 1.54) is 12.8 Å². The lowest BCUT2D eigenvalue weighted by Gasteiger charge is -2.25. The van der Waals surface area contributed by atoms with Gasteiger partial charge in [0.05, 0.1) is 5.92 Å². The van der Waals surface area contributed by atoms with Gasteiger partial charge in [-0.05, 0) is 31.7 Å². The summed E-state index contributed by atoms with van der Waals surface area (Å²) in [6, 6.07) is 0.399. The maximum Gasteiger partial charge on any atom is 0.228 e. The Labute approximate surface area is 120 Å². The summed E-state index contributed by atoms with van der Waals surface area (Å²) >= 11 is 0. The zero-order valence-corrected chi connectivity index (χ0v) is 12.1. The van der Waals surface area contributed by atoms with Crippen LogP contribution in [0.1, 0.15) is 38.5 Å². The van der Waals surface area contributed by atoms with Crippen LogP contribution in [0.3, 0.4) is 0 Å². The number of nitrogens with two attached hydrogens (primary N) is 1. The monoisotopic (exact) mass is 279 g/mol. The molecule has 0 aromatic rings. The summed E-state index contributed by atoms with van der Waals surface area (Å²) in [5.41, 5.74) is 5.68. The van der Waals surface area contributed by atoms with Gasteiger partial charge in [0.2, 0.25) is 11.8 Å². The van der Waals surface area contributed by atoms with Crippen LogP contribution in [0.5, 0.6) is 0 Å².